The molecule has 1 aliphatic heterocycles. The minimum absolute atomic E-state index is 0.183. The summed E-state index contributed by atoms with van der Waals surface area (Å²) in [7, 11) is 0. The molecule has 5 rings (SSSR count). The predicted octanol–water partition coefficient (Wildman–Crippen LogP) is 2.01. The number of carbonyl (C=O) groups excluding carboxylic acids is 2. The predicted molar refractivity (Wildman–Crippen MR) is 106 cm³/mol. The Balaban J connectivity index is 1.54. The number of nitrogens with zero attached hydrogens (tertiary/aromatic N) is 3. The molecule has 9 nitrogen and oxygen atoms in total. The van der Waals surface area contributed by atoms with Gasteiger partial charge in [-0.2, -0.15) is 0 Å². The third-order valence-electron chi connectivity index (χ3n) is 6.61. The summed E-state index contributed by atoms with van der Waals surface area (Å²) in [5.41, 5.74) is 1.06. The summed E-state index contributed by atoms with van der Waals surface area (Å²) in [6.07, 6.45) is 7.94. The van der Waals surface area contributed by atoms with E-state index in [4.69, 9.17) is 0 Å². The lowest BCUT2D eigenvalue weighted by molar-refractivity contribution is -0.105. The van der Waals surface area contributed by atoms with Crippen LogP contribution in [0.4, 0.5) is 17.3 Å². The number of aryl methyl sites for hydroxylation is 1. The largest absolute Gasteiger partial charge is 0.336 e. The van der Waals surface area contributed by atoms with Gasteiger partial charge in [-0.05, 0) is 62.5 Å². The van der Waals surface area contributed by atoms with Crippen LogP contribution in [0.15, 0.2) is 23.3 Å². The maximum Gasteiger partial charge on any atom is 0.276 e. The molecule has 0 atom stereocenters. The highest BCUT2D eigenvalue weighted by atomic mass is 16.2. The molecule has 29 heavy (non-hydrogen) atoms. The van der Waals surface area contributed by atoms with Gasteiger partial charge in [0.2, 0.25) is 6.41 Å². The molecule has 150 valence electrons. The first-order chi connectivity index (χ1) is 14.0. The molecule has 2 spiro atoms. The van der Waals surface area contributed by atoms with Gasteiger partial charge in [0.05, 0.1) is 0 Å². The van der Waals surface area contributed by atoms with E-state index in [-0.39, 0.29) is 11.5 Å². The minimum atomic E-state index is -0.643. The molecule has 2 aromatic rings. The molecule has 2 amide bonds. The van der Waals surface area contributed by atoms with Crippen molar-refractivity contribution in [3.8, 4) is 0 Å². The molecule has 0 saturated heterocycles. The number of nitrogens with one attached hydrogen (secondary N) is 3. The van der Waals surface area contributed by atoms with Crippen LogP contribution in [0.2, 0.25) is 0 Å². The van der Waals surface area contributed by atoms with Gasteiger partial charge in [0.1, 0.15) is 35.0 Å². The third-order valence-corrected chi connectivity index (χ3v) is 6.61. The highest BCUT2D eigenvalue weighted by molar-refractivity contribution is 5.97. The first kappa shape index (κ1) is 17.8. The Hall–Kier alpha value is -3.23. The Kier molecular flexibility index (Phi) is 3.77. The standard InChI is InChI=1S/C20H22N6O3/c1-12-8-13(24-15-9-14(23-11-27)21-10-22-15)18(29)26-16(12)17(28)25-20(26)6-4-19(2-3-19)5-7-20/h8-11H,2-7H2,1H3,(H,25,28)(H2,21,22,23,24,27). The monoisotopic (exact) mass is 394 g/mol. The Morgan fingerprint density at radius 2 is 1.76 bits per heavy atom. The average molecular weight is 394 g/mol. The van der Waals surface area contributed by atoms with Gasteiger partial charge in [-0.25, -0.2) is 9.97 Å². The number of carbonyl (C=O) groups is 2. The van der Waals surface area contributed by atoms with Gasteiger partial charge in [-0.1, -0.05) is 0 Å². The summed E-state index contributed by atoms with van der Waals surface area (Å²) in [5.74, 6) is 0.525. The van der Waals surface area contributed by atoms with Gasteiger partial charge >= 0.3 is 0 Å². The molecule has 3 N–H and O–H groups in total. The lowest BCUT2D eigenvalue weighted by atomic mass is 9.79. The van der Waals surface area contributed by atoms with Gasteiger partial charge < -0.3 is 16.0 Å². The molecule has 2 saturated carbocycles. The molecule has 2 aromatic heterocycles. The Bertz CT molecular complexity index is 1080. The molecule has 3 aliphatic rings. The lowest BCUT2D eigenvalue weighted by Crippen LogP contribution is -2.50. The molecule has 3 heterocycles. The third kappa shape index (κ3) is 2.80. The quantitative estimate of drug-likeness (QED) is 0.683. The molecule has 0 unspecified atom stereocenters. The number of hydrogen-bond acceptors (Lipinski definition) is 6. The van der Waals surface area contributed by atoms with Crippen LogP contribution in [0.1, 0.15) is 54.6 Å². The van der Waals surface area contributed by atoms with Crippen LogP contribution >= 0.6 is 0 Å². The Morgan fingerprint density at radius 3 is 2.45 bits per heavy atom. The first-order valence-corrected chi connectivity index (χ1v) is 9.84. The van der Waals surface area contributed by atoms with Crippen LogP contribution in [-0.2, 0) is 10.5 Å². The van der Waals surface area contributed by atoms with Gasteiger partial charge in [-0.3, -0.25) is 19.0 Å². The van der Waals surface area contributed by atoms with Crippen molar-refractivity contribution in [3.63, 3.8) is 0 Å². The van der Waals surface area contributed by atoms with Gasteiger partial charge in [0.15, 0.2) is 0 Å². The zero-order valence-electron chi connectivity index (χ0n) is 16.1. The van der Waals surface area contributed by atoms with Crippen molar-refractivity contribution < 1.29 is 9.59 Å². The van der Waals surface area contributed by atoms with E-state index in [0.717, 1.165) is 31.2 Å². The fourth-order valence-corrected chi connectivity index (χ4v) is 4.77. The Labute approximate surface area is 166 Å². The van der Waals surface area contributed by atoms with Crippen molar-refractivity contribution in [2.45, 2.75) is 51.1 Å². The minimum Gasteiger partial charge on any atom is -0.336 e. The second kappa shape index (κ2) is 6.13. The average Bonchev–Trinajstić information content (AvgIpc) is 3.40. The summed E-state index contributed by atoms with van der Waals surface area (Å²) < 4.78 is 1.66. The van der Waals surface area contributed by atoms with Crippen molar-refractivity contribution in [1.29, 1.82) is 0 Å². The number of aromatic nitrogens is 3. The molecular weight excluding hydrogens is 372 g/mol. The summed E-state index contributed by atoms with van der Waals surface area (Å²) in [4.78, 5) is 44.8. The highest BCUT2D eigenvalue weighted by Gasteiger charge is 2.53. The topological polar surface area (TPSA) is 118 Å². The number of anilines is 3. The van der Waals surface area contributed by atoms with Crippen molar-refractivity contribution in [2.75, 3.05) is 10.6 Å². The van der Waals surface area contributed by atoms with Crippen molar-refractivity contribution in [2.24, 2.45) is 5.41 Å². The smallest absolute Gasteiger partial charge is 0.276 e. The van der Waals surface area contributed by atoms with E-state index in [1.54, 1.807) is 10.6 Å². The fraction of sp³-hybridized carbons (Fsp3) is 0.450. The number of fused-ring (bicyclic) bond motifs is 2. The van der Waals surface area contributed by atoms with E-state index in [9.17, 15) is 14.4 Å². The van der Waals surface area contributed by atoms with Gasteiger partial charge in [0, 0.05) is 6.07 Å². The van der Waals surface area contributed by atoms with Crippen LogP contribution < -0.4 is 21.5 Å². The van der Waals surface area contributed by atoms with Gasteiger partial charge in [-0.15, -0.1) is 0 Å². The van der Waals surface area contributed by atoms with E-state index in [1.165, 1.54) is 25.2 Å². The molecule has 0 aromatic carbocycles. The highest BCUT2D eigenvalue weighted by Crippen LogP contribution is 2.59. The van der Waals surface area contributed by atoms with Gasteiger partial charge in [0.25, 0.3) is 11.5 Å². The number of rotatable bonds is 4. The summed E-state index contributed by atoms with van der Waals surface area (Å²) in [6.45, 7) is 1.83. The Morgan fingerprint density at radius 1 is 1.07 bits per heavy atom. The maximum absolute atomic E-state index is 13.4. The van der Waals surface area contributed by atoms with Crippen LogP contribution in [0.25, 0.3) is 0 Å². The number of pyridine rings is 1. The van der Waals surface area contributed by atoms with E-state index in [0.29, 0.717) is 34.8 Å². The second-order valence-corrected chi connectivity index (χ2v) is 8.39. The van der Waals surface area contributed by atoms with Crippen LogP contribution in [0.5, 0.6) is 0 Å². The van der Waals surface area contributed by atoms with E-state index < -0.39 is 5.66 Å². The van der Waals surface area contributed by atoms with Crippen LogP contribution in [0, 0.1) is 12.3 Å². The maximum atomic E-state index is 13.4. The summed E-state index contributed by atoms with van der Waals surface area (Å²) in [5, 5.41) is 8.61. The molecular formula is C20H22N6O3. The first-order valence-electron chi connectivity index (χ1n) is 9.84. The normalized spacial score (nSPS) is 20.2. The van der Waals surface area contributed by atoms with E-state index >= 15 is 0 Å². The zero-order chi connectivity index (χ0) is 20.2. The summed E-state index contributed by atoms with van der Waals surface area (Å²) in [6, 6.07) is 3.21. The van der Waals surface area contributed by atoms with Crippen molar-refractivity contribution in [1.82, 2.24) is 19.9 Å². The lowest BCUT2D eigenvalue weighted by Gasteiger charge is -2.39. The number of amides is 2. The van der Waals surface area contributed by atoms with Crippen molar-refractivity contribution in [3.05, 3.63) is 40.1 Å². The molecule has 0 bridgehead atoms. The van der Waals surface area contributed by atoms with Crippen LogP contribution in [0.3, 0.4) is 0 Å². The van der Waals surface area contributed by atoms with Crippen LogP contribution in [-0.4, -0.2) is 26.9 Å². The molecule has 0 radical (unpaired) electrons. The SMILES string of the molecule is Cc1cc(Nc2cc(NC=O)ncn2)c(=O)n2c1C(=O)NC21CCC2(CC2)CC1. The molecule has 2 fully saturated rings. The number of hydrogen-bond donors (Lipinski definition) is 3. The van der Waals surface area contributed by atoms with E-state index in [1.807, 2.05) is 6.92 Å². The molecule has 9 heteroatoms. The fourth-order valence-electron chi connectivity index (χ4n) is 4.77. The zero-order valence-corrected chi connectivity index (χ0v) is 16.1. The van der Waals surface area contributed by atoms with Crippen molar-refractivity contribution >= 4 is 29.6 Å². The second-order valence-electron chi connectivity index (χ2n) is 8.39. The molecule has 2 aliphatic carbocycles. The summed E-state index contributed by atoms with van der Waals surface area (Å²) >= 11 is 0. The van der Waals surface area contributed by atoms with E-state index in [2.05, 4.69) is 25.9 Å².